The Morgan fingerprint density at radius 2 is 1.89 bits per heavy atom. The molecule has 0 aliphatic carbocycles. The number of hydrogen-bond donors (Lipinski definition) is 0. The lowest BCUT2D eigenvalue weighted by atomic mass is 9.96. The van der Waals surface area contributed by atoms with E-state index >= 15 is 0 Å². The molecule has 1 atom stereocenters. The van der Waals surface area contributed by atoms with Crippen molar-refractivity contribution < 1.29 is 13.9 Å². The molecule has 3 heterocycles. The third-order valence-corrected chi connectivity index (χ3v) is 6.98. The zero-order valence-corrected chi connectivity index (χ0v) is 20.6. The number of thiazole rings is 1. The van der Waals surface area contributed by atoms with Crippen LogP contribution < -0.4 is 14.9 Å². The predicted octanol–water partition coefficient (Wildman–Crippen LogP) is 4.71. The molecule has 0 fully saturated rings. The molecule has 4 aromatic rings. The first-order chi connectivity index (χ1) is 17.0. The van der Waals surface area contributed by atoms with E-state index in [1.54, 1.807) is 36.6 Å². The zero-order chi connectivity index (χ0) is 24.5. The van der Waals surface area contributed by atoms with Crippen molar-refractivity contribution in [3.63, 3.8) is 0 Å². The summed E-state index contributed by atoms with van der Waals surface area (Å²) in [6, 6.07) is 19.8. The summed E-state index contributed by atoms with van der Waals surface area (Å²) >= 11 is 7.55. The van der Waals surface area contributed by atoms with Gasteiger partial charge in [0.2, 0.25) is 0 Å². The molecule has 0 amide bonds. The van der Waals surface area contributed by atoms with E-state index in [-0.39, 0.29) is 12.2 Å². The largest absolute Gasteiger partial charge is 0.463 e. The number of rotatable bonds is 5. The van der Waals surface area contributed by atoms with Crippen molar-refractivity contribution in [1.29, 1.82) is 0 Å². The van der Waals surface area contributed by atoms with Crippen molar-refractivity contribution in [3.8, 4) is 11.3 Å². The highest BCUT2D eigenvalue weighted by atomic mass is 35.5. The Kier molecular flexibility index (Phi) is 6.28. The van der Waals surface area contributed by atoms with Gasteiger partial charge in [0.1, 0.15) is 11.5 Å². The van der Waals surface area contributed by atoms with E-state index in [4.69, 9.17) is 20.8 Å². The summed E-state index contributed by atoms with van der Waals surface area (Å²) in [5.74, 6) is 0.646. The number of ether oxygens (including phenoxy) is 1. The highest BCUT2D eigenvalue weighted by molar-refractivity contribution is 7.07. The summed E-state index contributed by atoms with van der Waals surface area (Å²) in [4.78, 5) is 31.6. The van der Waals surface area contributed by atoms with E-state index < -0.39 is 12.0 Å². The first kappa shape index (κ1) is 23.1. The smallest absolute Gasteiger partial charge is 0.338 e. The molecule has 0 saturated carbocycles. The van der Waals surface area contributed by atoms with Crippen LogP contribution in [0.3, 0.4) is 0 Å². The van der Waals surface area contributed by atoms with Gasteiger partial charge in [-0.2, -0.15) is 0 Å². The number of hydrogen-bond acceptors (Lipinski definition) is 6. The van der Waals surface area contributed by atoms with E-state index in [0.29, 0.717) is 37.1 Å². The lowest BCUT2D eigenvalue weighted by Gasteiger charge is -2.24. The van der Waals surface area contributed by atoms with Gasteiger partial charge in [0.15, 0.2) is 4.80 Å². The molecular weight excluding hydrogens is 484 g/mol. The molecule has 0 spiro atoms. The Hall–Kier alpha value is -3.68. The van der Waals surface area contributed by atoms with Gasteiger partial charge in [-0.3, -0.25) is 9.36 Å². The number of carbonyl (C=O) groups excluding carboxylic acids is 1. The normalized spacial score (nSPS) is 15.6. The van der Waals surface area contributed by atoms with Crippen LogP contribution in [0.5, 0.6) is 0 Å². The molecule has 0 saturated heterocycles. The maximum Gasteiger partial charge on any atom is 0.338 e. The van der Waals surface area contributed by atoms with Gasteiger partial charge in [-0.05, 0) is 43.7 Å². The van der Waals surface area contributed by atoms with Gasteiger partial charge < -0.3 is 9.15 Å². The third-order valence-electron chi connectivity index (χ3n) is 5.67. The Morgan fingerprint density at radius 1 is 1.14 bits per heavy atom. The molecule has 0 N–H and O–H groups in total. The number of carbonyl (C=O) groups is 1. The molecule has 2 aromatic carbocycles. The highest BCUT2D eigenvalue weighted by Gasteiger charge is 2.33. The van der Waals surface area contributed by atoms with Crippen molar-refractivity contribution in [3.05, 3.63) is 114 Å². The second-order valence-corrected chi connectivity index (χ2v) is 9.31. The van der Waals surface area contributed by atoms with Gasteiger partial charge in [0.25, 0.3) is 5.56 Å². The minimum Gasteiger partial charge on any atom is -0.463 e. The number of halogens is 1. The summed E-state index contributed by atoms with van der Waals surface area (Å²) in [7, 11) is 0. The zero-order valence-electron chi connectivity index (χ0n) is 19.0. The molecule has 2 aromatic heterocycles. The van der Waals surface area contributed by atoms with Crippen molar-refractivity contribution in [2.45, 2.75) is 19.9 Å². The number of allylic oxidation sites excluding steroid dienone is 1. The Morgan fingerprint density at radius 3 is 2.63 bits per heavy atom. The lowest BCUT2D eigenvalue weighted by Crippen LogP contribution is -2.39. The number of furan rings is 1. The molecule has 0 unspecified atom stereocenters. The van der Waals surface area contributed by atoms with Crippen LogP contribution in [0.15, 0.2) is 92.2 Å². The first-order valence-corrected chi connectivity index (χ1v) is 12.3. The lowest BCUT2D eigenvalue weighted by molar-refractivity contribution is -0.139. The Bertz CT molecular complexity index is 1630. The molecule has 1 aliphatic heterocycles. The number of benzene rings is 2. The Labute approximate surface area is 210 Å². The van der Waals surface area contributed by atoms with Crippen LogP contribution in [0, 0.1) is 0 Å². The predicted molar refractivity (Wildman–Crippen MR) is 136 cm³/mol. The Balaban J connectivity index is 1.64. The standard InChI is InChI=1S/C27H21ClN2O4S/c1-3-33-26(32)23-16(2)29-27-30(24(23)17-9-5-4-6-10-17)25(31)22(35-27)15-18-13-14-21(34-18)19-11-7-8-12-20(19)28/h4-15,24H,3H2,1-2H3/b22-15-/t24-/m0/s1. The molecule has 0 bridgehead atoms. The van der Waals surface area contributed by atoms with Gasteiger partial charge >= 0.3 is 5.97 Å². The molecule has 1 aliphatic rings. The summed E-state index contributed by atoms with van der Waals surface area (Å²) in [6.07, 6.45) is 1.69. The summed E-state index contributed by atoms with van der Waals surface area (Å²) < 4.78 is 13.3. The fourth-order valence-electron chi connectivity index (χ4n) is 4.11. The van der Waals surface area contributed by atoms with Crippen LogP contribution in [-0.2, 0) is 9.53 Å². The molecule has 6 nitrogen and oxygen atoms in total. The quantitative estimate of drug-likeness (QED) is 0.369. The van der Waals surface area contributed by atoms with Crippen LogP contribution in [0.25, 0.3) is 17.4 Å². The fourth-order valence-corrected chi connectivity index (χ4v) is 5.36. The van der Waals surface area contributed by atoms with Crippen molar-refractivity contribution in [1.82, 2.24) is 4.57 Å². The van der Waals surface area contributed by atoms with E-state index in [9.17, 15) is 9.59 Å². The number of aromatic nitrogens is 1. The first-order valence-electron chi connectivity index (χ1n) is 11.1. The molecule has 0 radical (unpaired) electrons. The molecule has 176 valence electrons. The van der Waals surface area contributed by atoms with E-state index in [1.165, 1.54) is 11.3 Å². The molecule has 8 heteroatoms. The summed E-state index contributed by atoms with van der Waals surface area (Å²) in [5.41, 5.74) is 2.21. The van der Waals surface area contributed by atoms with Crippen LogP contribution >= 0.6 is 22.9 Å². The number of fused-ring (bicyclic) bond motifs is 1. The van der Waals surface area contributed by atoms with E-state index in [1.807, 2.05) is 54.6 Å². The maximum absolute atomic E-state index is 13.6. The molecule has 5 rings (SSSR count). The van der Waals surface area contributed by atoms with Gasteiger partial charge in [-0.15, -0.1) is 0 Å². The van der Waals surface area contributed by atoms with Gasteiger partial charge in [-0.25, -0.2) is 9.79 Å². The topological polar surface area (TPSA) is 73.8 Å². The average molecular weight is 505 g/mol. The SMILES string of the molecule is CCOC(=O)C1=C(C)N=c2s/c(=C\c3ccc(-c4ccccc4Cl)o3)c(=O)n2[C@H]1c1ccccc1. The molecular formula is C27H21ClN2O4S. The fraction of sp³-hybridized carbons (Fsp3) is 0.148. The van der Waals surface area contributed by atoms with Gasteiger partial charge in [0, 0.05) is 11.6 Å². The molecule has 35 heavy (non-hydrogen) atoms. The minimum absolute atomic E-state index is 0.230. The van der Waals surface area contributed by atoms with Crippen molar-refractivity contribution in [2.24, 2.45) is 4.99 Å². The van der Waals surface area contributed by atoms with E-state index in [0.717, 1.165) is 11.1 Å². The monoisotopic (exact) mass is 504 g/mol. The van der Waals surface area contributed by atoms with Crippen LogP contribution in [-0.4, -0.2) is 17.1 Å². The number of esters is 1. The van der Waals surface area contributed by atoms with Gasteiger partial charge in [0.05, 0.1) is 33.5 Å². The highest BCUT2D eigenvalue weighted by Crippen LogP contribution is 2.31. The van der Waals surface area contributed by atoms with Gasteiger partial charge in [-0.1, -0.05) is 65.4 Å². The van der Waals surface area contributed by atoms with Crippen LogP contribution in [0.1, 0.15) is 31.2 Å². The third kappa shape index (κ3) is 4.29. The minimum atomic E-state index is -0.635. The second-order valence-electron chi connectivity index (χ2n) is 7.89. The van der Waals surface area contributed by atoms with Crippen LogP contribution in [0.4, 0.5) is 0 Å². The van der Waals surface area contributed by atoms with Crippen LogP contribution in [0.2, 0.25) is 5.02 Å². The van der Waals surface area contributed by atoms with Crippen molar-refractivity contribution in [2.75, 3.05) is 6.61 Å². The maximum atomic E-state index is 13.6. The number of nitrogens with zero attached hydrogens (tertiary/aromatic N) is 2. The summed E-state index contributed by atoms with van der Waals surface area (Å²) in [6.45, 7) is 3.75. The average Bonchev–Trinajstić information content (AvgIpc) is 3.43. The second kappa shape index (κ2) is 9.52. The van der Waals surface area contributed by atoms with E-state index in [2.05, 4.69) is 4.99 Å². The van der Waals surface area contributed by atoms with Crippen molar-refractivity contribution >= 4 is 35.0 Å². The summed E-state index contributed by atoms with van der Waals surface area (Å²) in [5, 5.41) is 0.581.